The summed E-state index contributed by atoms with van der Waals surface area (Å²) >= 11 is 12.8. The number of rotatable bonds is 7. The summed E-state index contributed by atoms with van der Waals surface area (Å²) in [5.74, 6) is 0.145. The normalized spacial score (nSPS) is 10.9. The Morgan fingerprint density at radius 2 is 1.69 bits per heavy atom. The van der Waals surface area contributed by atoms with Crippen LogP contribution in [-0.2, 0) is 0 Å². The molecule has 2 aromatic heterocycles. The Kier molecular flexibility index (Phi) is 6.53. The van der Waals surface area contributed by atoms with Crippen molar-refractivity contribution in [1.82, 2.24) is 5.16 Å². The molecule has 0 aliphatic carbocycles. The molecule has 0 aliphatic heterocycles. The van der Waals surface area contributed by atoms with Gasteiger partial charge in [0.2, 0.25) is 5.76 Å². The minimum absolute atomic E-state index is 0.183. The van der Waals surface area contributed by atoms with E-state index in [4.69, 9.17) is 32.1 Å². The average Bonchev–Trinajstić information content (AvgIpc) is 3.46. The number of benzene rings is 2. The summed E-state index contributed by atoms with van der Waals surface area (Å²) in [5.41, 5.74) is 2.55. The highest BCUT2D eigenvalue weighted by Crippen LogP contribution is 2.39. The van der Waals surface area contributed by atoms with Crippen LogP contribution in [0.25, 0.3) is 22.8 Å². The number of nitrogens with one attached hydrogen (secondary N) is 1. The lowest BCUT2D eigenvalue weighted by atomic mass is 10.0. The van der Waals surface area contributed by atoms with Gasteiger partial charge in [0.15, 0.2) is 5.76 Å². The Balaban J connectivity index is 1.73. The number of aromatic nitrogens is 1. The first kappa shape index (κ1) is 22.0. The van der Waals surface area contributed by atoms with E-state index in [9.17, 15) is 4.79 Å². The number of carbonyl (C=O) groups excluding carboxylic acids is 1. The Morgan fingerprint density at radius 3 is 2.28 bits per heavy atom. The van der Waals surface area contributed by atoms with Crippen LogP contribution in [0, 0.1) is 0 Å². The lowest BCUT2D eigenvalue weighted by Crippen LogP contribution is -2.21. The van der Waals surface area contributed by atoms with E-state index in [1.807, 2.05) is 24.3 Å². The van der Waals surface area contributed by atoms with Crippen molar-refractivity contribution in [2.45, 2.75) is 13.8 Å². The van der Waals surface area contributed by atoms with E-state index in [2.05, 4.69) is 29.2 Å². The minimum Gasteiger partial charge on any atom is -0.461 e. The van der Waals surface area contributed by atoms with Gasteiger partial charge < -0.3 is 19.2 Å². The fraction of sp³-hybridized carbons (Fsp3) is 0.167. The first-order valence-electron chi connectivity index (χ1n) is 10.2. The molecule has 1 N–H and O–H groups in total. The van der Waals surface area contributed by atoms with Crippen LogP contribution in [0.3, 0.4) is 0 Å². The third-order valence-corrected chi connectivity index (χ3v) is 5.75. The van der Waals surface area contributed by atoms with Crippen molar-refractivity contribution in [2.24, 2.45) is 0 Å². The lowest BCUT2D eigenvalue weighted by molar-refractivity contribution is 0.102. The van der Waals surface area contributed by atoms with Gasteiger partial charge in [-0.15, -0.1) is 0 Å². The van der Waals surface area contributed by atoms with Crippen molar-refractivity contribution >= 4 is 40.5 Å². The number of carbonyl (C=O) groups is 1. The van der Waals surface area contributed by atoms with Crippen molar-refractivity contribution in [1.29, 1.82) is 0 Å². The molecular weight excluding hydrogens is 449 g/mol. The second-order valence-corrected chi connectivity index (χ2v) is 7.80. The second kappa shape index (κ2) is 9.51. The van der Waals surface area contributed by atoms with E-state index in [1.165, 1.54) is 6.26 Å². The van der Waals surface area contributed by atoms with E-state index in [0.29, 0.717) is 27.1 Å². The van der Waals surface area contributed by atoms with Gasteiger partial charge in [0.25, 0.3) is 5.91 Å². The average molecular weight is 470 g/mol. The number of halogens is 2. The van der Waals surface area contributed by atoms with Crippen LogP contribution in [0.15, 0.2) is 69.8 Å². The number of furan rings is 1. The molecule has 0 unspecified atom stereocenters. The number of amides is 1. The molecule has 1 amide bonds. The van der Waals surface area contributed by atoms with Crippen molar-refractivity contribution < 1.29 is 13.7 Å². The summed E-state index contributed by atoms with van der Waals surface area (Å²) in [6, 6.07) is 16.1. The predicted molar refractivity (Wildman–Crippen MR) is 128 cm³/mol. The lowest BCUT2D eigenvalue weighted by Gasteiger charge is -2.21. The van der Waals surface area contributed by atoms with Crippen LogP contribution in [0.2, 0.25) is 10.0 Å². The van der Waals surface area contributed by atoms with Crippen LogP contribution in [0.5, 0.6) is 0 Å². The maximum atomic E-state index is 13.4. The smallest absolute Gasteiger partial charge is 0.262 e. The van der Waals surface area contributed by atoms with Crippen molar-refractivity contribution in [2.75, 3.05) is 23.3 Å². The molecule has 0 atom stereocenters. The van der Waals surface area contributed by atoms with Crippen LogP contribution in [0.4, 0.5) is 11.4 Å². The molecule has 0 aliphatic rings. The molecule has 0 fully saturated rings. The first-order valence-corrected chi connectivity index (χ1v) is 10.9. The van der Waals surface area contributed by atoms with Crippen molar-refractivity contribution in [3.8, 4) is 22.8 Å². The highest BCUT2D eigenvalue weighted by Gasteiger charge is 2.29. The molecule has 0 radical (unpaired) electrons. The Morgan fingerprint density at radius 1 is 1.00 bits per heavy atom. The van der Waals surface area contributed by atoms with Crippen molar-refractivity contribution in [3.05, 3.63) is 76.5 Å². The maximum Gasteiger partial charge on any atom is 0.262 e. The Labute approximate surface area is 195 Å². The Hall–Kier alpha value is -3.22. The van der Waals surface area contributed by atoms with Crippen molar-refractivity contribution in [3.63, 3.8) is 0 Å². The standard InChI is InChI=1S/C24H21Cl2N3O3/c1-3-29(4-2)16-12-10-15(11-13-16)27-24(30)21-22(20-17(25)7-5-8-18(20)26)28-32-23(21)19-9-6-14-31-19/h5-14H,3-4H2,1-2H3,(H,27,30). The molecule has 0 spiro atoms. The van der Waals surface area contributed by atoms with Gasteiger partial charge in [-0.2, -0.15) is 0 Å². The molecule has 2 aromatic carbocycles. The third kappa shape index (κ3) is 4.24. The predicted octanol–water partition coefficient (Wildman–Crippen LogP) is 7.01. The molecule has 0 saturated heterocycles. The van der Waals surface area contributed by atoms with Crippen LogP contribution in [-0.4, -0.2) is 24.2 Å². The zero-order valence-electron chi connectivity index (χ0n) is 17.6. The SMILES string of the molecule is CCN(CC)c1ccc(NC(=O)c2c(-c3c(Cl)cccc3Cl)noc2-c2ccco2)cc1. The highest BCUT2D eigenvalue weighted by molar-refractivity contribution is 6.39. The highest BCUT2D eigenvalue weighted by atomic mass is 35.5. The molecule has 0 bridgehead atoms. The molecule has 4 aromatic rings. The second-order valence-electron chi connectivity index (χ2n) is 6.98. The van der Waals surface area contributed by atoms with E-state index in [-0.39, 0.29) is 17.0 Å². The Bertz CT molecular complexity index is 1190. The number of hydrogen-bond acceptors (Lipinski definition) is 5. The van der Waals surface area contributed by atoms with Gasteiger partial charge >= 0.3 is 0 Å². The van der Waals surface area contributed by atoms with E-state index in [1.54, 1.807) is 30.3 Å². The molecular formula is C24H21Cl2N3O3. The summed E-state index contributed by atoms with van der Waals surface area (Å²) in [4.78, 5) is 15.6. The van der Waals surface area contributed by atoms with Gasteiger partial charge in [-0.05, 0) is 62.4 Å². The fourth-order valence-corrected chi connectivity index (χ4v) is 4.09. The summed E-state index contributed by atoms with van der Waals surface area (Å²) in [6.07, 6.45) is 1.49. The van der Waals surface area contributed by atoms with E-state index in [0.717, 1.165) is 18.8 Å². The molecule has 8 heteroatoms. The van der Waals surface area contributed by atoms with Crippen LogP contribution >= 0.6 is 23.2 Å². The van der Waals surface area contributed by atoms with Gasteiger partial charge in [0.05, 0.1) is 16.3 Å². The van der Waals surface area contributed by atoms with Gasteiger partial charge in [-0.1, -0.05) is 34.4 Å². The summed E-state index contributed by atoms with van der Waals surface area (Å²) in [6.45, 7) is 6.00. The van der Waals surface area contributed by atoms with E-state index >= 15 is 0 Å². The first-order chi connectivity index (χ1) is 15.5. The van der Waals surface area contributed by atoms with Gasteiger partial charge in [-0.25, -0.2) is 0 Å². The molecule has 164 valence electrons. The zero-order valence-corrected chi connectivity index (χ0v) is 19.1. The zero-order chi connectivity index (χ0) is 22.7. The van der Waals surface area contributed by atoms with Crippen LogP contribution < -0.4 is 10.2 Å². The summed E-state index contributed by atoms with van der Waals surface area (Å²) in [5, 5.41) is 7.74. The van der Waals surface area contributed by atoms with Crippen LogP contribution in [0.1, 0.15) is 24.2 Å². The van der Waals surface area contributed by atoms with Gasteiger partial charge in [0.1, 0.15) is 11.3 Å². The summed E-state index contributed by atoms with van der Waals surface area (Å²) < 4.78 is 11.0. The fourth-order valence-electron chi connectivity index (χ4n) is 3.51. The third-order valence-electron chi connectivity index (χ3n) is 5.12. The molecule has 0 saturated carbocycles. The molecule has 32 heavy (non-hydrogen) atoms. The molecule has 4 rings (SSSR count). The van der Waals surface area contributed by atoms with E-state index < -0.39 is 5.91 Å². The number of anilines is 2. The quantitative estimate of drug-likeness (QED) is 0.315. The maximum absolute atomic E-state index is 13.4. The minimum atomic E-state index is -0.417. The number of hydrogen-bond donors (Lipinski definition) is 1. The molecule has 2 heterocycles. The van der Waals surface area contributed by atoms with Gasteiger partial charge in [0, 0.05) is 30.0 Å². The van der Waals surface area contributed by atoms with Gasteiger partial charge in [-0.3, -0.25) is 4.79 Å². The largest absolute Gasteiger partial charge is 0.461 e. The topological polar surface area (TPSA) is 71.5 Å². The molecule has 6 nitrogen and oxygen atoms in total. The number of nitrogens with zero attached hydrogens (tertiary/aromatic N) is 2. The monoisotopic (exact) mass is 469 g/mol. The summed E-state index contributed by atoms with van der Waals surface area (Å²) in [7, 11) is 0.